The van der Waals surface area contributed by atoms with Crippen LogP contribution in [0.2, 0.25) is 0 Å². The smallest absolute Gasteiger partial charge is 0.366 e. The summed E-state index contributed by atoms with van der Waals surface area (Å²) in [6.07, 6.45) is -19.6. The molecule has 0 aromatic carbocycles. The molecule has 0 saturated carbocycles. The second-order valence-electron chi connectivity index (χ2n) is 8.16. The van der Waals surface area contributed by atoms with Crippen LogP contribution in [0.4, 0.5) is 52.7 Å². The Balaban J connectivity index is 5.79. The summed E-state index contributed by atoms with van der Waals surface area (Å²) in [6.45, 7) is 0.234. The molecule has 3 atom stereocenters. The zero-order chi connectivity index (χ0) is 25.5. The van der Waals surface area contributed by atoms with Crippen molar-refractivity contribution >= 4 is 0 Å². The maximum atomic E-state index is 15.1. The van der Waals surface area contributed by atoms with Gasteiger partial charge in [-0.05, 0) is 41.5 Å². The fourth-order valence-corrected chi connectivity index (χ4v) is 2.03. The summed E-state index contributed by atoms with van der Waals surface area (Å²) in [5, 5.41) is 0. The van der Waals surface area contributed by atoms with E-state index in [1.54, 1.807) is 0 Å². The van der Waals surface area contributed by atoms with Gasteiger partial charge in [-0.1, -0.05) is 0 Å². The minimum atomic E-state index is -6.16. The van der Waals surface area contributed by atoms with Crippen molar-refractivity contribution in [2.24, 2.45) is 0 Å². The average molecular weight is 490 g/mol. The molecule has 0 aromatic rings. The Kier molecular flexibility index (Phi) is 8.17. The number of alkyl halides is 12. The highest BCUT2D eigenvalue weighted by Crippen LogP contribution is 2.50. The number of ether oxygens (including phenoxy) is 3. The molecule has 0 amide bonds. The van der Waals surface area contributed by atoms with E-state index in [-0.39, 0.29) is 27.7 Å². The topological polar surface area (TPSA) is 27.7 Å². The fraction of sp³-hybridized carbons (Fsp3) is 1.00. The molecule has 0 bridgehead atoms. The third-order valence-electron chi connectivity index (χ3n) is 4.36. The molecule has 0 aromatic heterocycles. The third kappa shape index (κ3) is 8.15. The molecule has 0 aliphatic rings. The summed E-state index contributed by atoms with van der Waals surface area (Å²) in [7, 11) is 0. The van der Waals surface area contributed by atoms with Gasteiger partial charge in [0.2, 0.25) is 5.85 Å². The first-order valence-corrected chi connectivity index (χ1v) is 8.39. The molecule has 0 heterocycles. The average Bonchev–Trinajstić information content (AvgIpc) is 2.38. The van der Waals surface area contributed by atoms with E-state index in [1.165, 1.54) is 0 Å². The second-order valence-corrected chi connectivity index (χ2v) is 8.16. The Labute approximate surface area is 170 Å². The molecule has 0 radical (unpaired) electrons. The van der Waals surface area contributed by atoms with Crippen molar-refractivity contribution in [1.29, 1.82) is 0 Å². The van der Waals surface area contributed by atoms with Gasteiger partial charge in [-0.15, -0.1) is 13.2 Å². The van der Waals surface area contributed by atoms with Gasteiger partial charge in [0.05, 0.1) is 12.0 Å². The van der Waals surface area contributed by atoms with Crippen molar-refractivity contribution in [3.8, 4) is 0 Å². The largest absolute Gasteiger partial charge is 0.525 e. The number of hydrogen-bond acceptors (Lipinski definition) is 3. The molecule has 0 aliphatic carbocycles. The molecule has 0 rings (SSSR count). The molecule has 0 saturated heterocycles. The normalized spacial score (nSPS) is 20.7. The van der Waals surface area contributed by atoms with Crippen molar-refractivity contribution in [2.75, 3.05) is 6.61 Å². The Morgan fingerprint density at radius 1 is 0.548 bits per heavy atom. The Bertz CT molecular complexity index is 604. The quantitative estimate of drug-likeness (QED) is 0.337. The van der Waals surface area contributed by atoms with Crippen LogP contribution in [-0.4, -0.2) is 53.9 Å². The summed E-state index contributed by atoms with van der Waals surface area (Å²) in [5.41, 5.74) is -9.90. The van der Waals surface area contributed by atoms with Gasteiger partial charge in [-0.3, -0.25) is 4.74 Å². The molecular weight excluding hydrogens is 468 g/mol. The van der Waals surface area contributed by atoms with E-state index in [9.17, 15) is 48.3 Å². The van der Waals surface area contributed by atoms with Crippen LogP contribution < -0.4 is 0 Å². The minimum absolute atomic E-state index is 0.0767. The Morgan fingerprint density at radius 3 is 1.29 bits per heavy atom. The predicted molar refractivity (Wildman–Crippen MR) is 81.9 cm³/mol. The first-order chi connectivity index (χ1) is 13.1. The molecule has 3 unspecified atom stereocenters. The van der Waals surface area contributed by atoms with Crippen molar-refractivity contribution in [3.63, 3.8) is 0 Å². The van der Waals surface area contributed by atoms with Gasteiger partial charge in [0.1, 0.15) is 12.3 Å². The van der Waals surface area contributed by atoms with Crippen LogP contribution in [0.15, 0.2) is 0 Å². The van der Waals surface area contributed by atoms with Gasteiger partial charge < -0.3 is 9.47 Å². The maximum absolute atomic E-state index is 15.1. The van der Waals surface area contributed by atoms with Gasteiger partial charge >= 0.3 is 24.6 Å². The van der Waals surface area contributed by atoms with Crippen LogP contribution >= 0.6 is 0 Å². The maximum Gasteiger partial charge on any atom is 0.525 e. The monoisotopic (exact) mass is 490 g/mol. The van der Waals surface area contributed by atoms with Gasteiger partial charge in [-0.25, -0.2) is 13.2 Å². The summed E-state index contributed by atoms with van der Waals surface area (Å²) in [6, 6.07) is 0. The van der Waals surface area contributed by atoms with Gasteiger partial charge in [0, 0.05) is 0 Å². The molecule has 0 aliphatic heterocycles. The first-order valence-electron chi connectivity index (χ1n) is 8.39. The lowest BCUT2D eigenvalue weighted by Crippen LogP contribution is -2.60. The third-order valence-corrected chi connectivity index (χ3v) is 4.36. The van der Waals surface area contributed by atoms with Crippen LogP contribution in [0, 0.1) is 0 Å². The van der Waals surface area contributed by atoms with Crippen LogP contribution in [0.1, 0.15) is 48.0 Å². The van der Waals surface area contributed by atoms with Crippen molar-refractivity contribution in [2.45, 2.75) is 95.3 Å². The van der Waals surface area contributed by atoms with E-state index in [0.29, 0.717) is 13.8 Å². The van der Waals surface area contributed by atoms with Crippen molar-refractivity contribution < 1.29 is 66.9 Å². The minimum Gasteiger partial charge on any atom is -0.366 e. The highest BCUT2D eigenvalue weighted by atomic mass is 19.4. The molecule has 0 N–H and O–H groups in total. The molecule has 31 heavy (non-hydrogen) atoms. The molecule has 188 valence electrons. The lowest BCUT2D eigenvalue weighted by molar-refractivity contribution is -0.408. The van der Waals surface area contributed by atoms with E-state index in [0.717, 1.165) is 0 Å². The molecule has 0 spiro atoms. The first kappa shape index (κ1) is 30.0. The predicted octanol–water partition coefficient (Wildman–Crippen LogP) is 6.71. The molecule has 3 nitrogen and oxygen atoms in total. The Hall–Kier alpha value is -0.960. The van der Waals surface area contributed by atoms with Gasteiger partial charge in [-0.2, -0.15) is 26.3 Å². The van der Waals surface area contributed by atoms with Crippen LogP contribution in [0.25, 0.3) is 0 Å². The standard InChI is InChI=1S/C16H22F12O3/c1-9(2,29-8-12(6,18)31-16(26,27)28)11(5,17)7-13(19,15(23,24)25)30-10(3,4)14(20,21)22/h7-8H2,1-6H3. The van der Waals surface area contributed by atoms with E-state index in [1.807, 2.05) is 0 Å². The summed E-state index contributed by atoms with van der Waals surface area (Å²) < 4.78 is 170. The molecular formula is C16H22F12O3. The number of rotatable bonds is 9. The summed E-state index contributed by atoms with van der Waals surface area (Å²) >= 11 is 0. The molecule has 15 heteroatoms. The molecule has 0 fully saturated rings. The van der Waals surface area contributed by atoms with E-state index < -0.39 is 60.3 Å². The fourth-order valence-electron chi connectivity index (χ4n) is 2.03. The SMILES string of the molecule is CC(F)(COC(C)(C)C(C)(F)CC(F)(OC(C)(C)C(F)(F)F)C(F)(F)F)OC(F)(F)F. The zero-order valence-corrected chi connectivity index (χ0v) is 17.2. The van der Waals surface area contributed by atoms with Crippen LogP contribution in [0.5, 0.6) is 0 Å². The zero-order valence-electron chi connectivity index (χ0n) is 17.2. The van der Waals surface area contributed by atoms with E-state index >= 15 is 4.39 Å². The number of halogens is 12. The number of hydrogen-bond donors (Lipinski definition) is 0. The van der Waals surface area contributed by atoms with Crippen LogP contribution in [0.3, 0.4) is 0 Å². The van der Waals surface area contributed by atoms with E-state index in [2.05, 4.69) is 14.2 Å². The second kappa shape index (κ2) is 8.43. The van der Waals surface area contributed by atoms with Crippen molar-refractivity contribution in [1.82, 2.24) is 0 Å². The lowest BCUT2D eigenvalue weighted by Gasteiger charge is -2.44. The Morgan fingerprint density at radius 2 is 0.968 bits per heavy atom. The summed E-state index contributed by atoms with van der Waals surface area (Å²) in [4.78, 5) is 0. The van der Waals surface area contributed by atoms with Gasteiger partial charge in [0.25, 0.3) is 0 Å². The highest BCUT2D eigenvalue weighted by molar-refractivity contribution is 5.00. The lowest BCUT2D eigenvalue weighted by atomic mass is 9.83. The van der Waals surface area contributed by atoms with E-state index in [4.69, 9.17) is 0 Å². The highest BCUT2D eigenvalue weighted by Gasteiger charge is 2.67. The summed E-state index contributed by atoms with van der Waals surface area (Å²) in [5.74, 6) is -8.81. The van der Waals surface area contributed by atoms with Crippen LogP contribution in [-0.2, 0) is 14.2 Å². The van der Waals surface area contributed by atoms with Crippen molar-refractivity contribution in [3.05, 3.63) is 0 Å². The van der Waals surface area contributed by atoms with Gasteiger partial charge in [0.15, 0.2) is 5.60 Å².